The van der Waals surface area contributed by atoms with Crippen LogP contribution in [0.15, 0.2) is 200 Å². The molecule has 0 spiro atoms. The maximum absolute atomic E-state index is 5.06. The van der Waals surface area contributed by atoms with Crippen molar-refractivity contribution in [1.82, 2.24) is 19.9 Å². The molecule has 13 rings (SSSR count). The Morgan fingerprint density at radius 2 is 0.875 bits per heavy atom. The number of fused-ring (bicyclic) bond motifs is 15. The lowest BCUT2D eigenvalue weighted by Crippen LogP contribution is -1.89. The normalized spacial score (nSPS) is 11.4. The van der Waals surface area contributed by atoms with Crippen LogP contribution in [0.4, 0.5) is 0 Å². The third-order valence-corrected chi connectivity index (χ3v) is 13.2. The van der Waals surface area contributed by atoms with Gasteiger partial charge in [-0.1, -0.05) is 157 Å². The molecule has 8 aromatic carbocycles. The number of rotatable bonds is 2. The van der Waals surface area contributed by atoms with Crippen LogP contribution in [0, 0.1) is 20.8 Å². The minimum absolute atomic E-state index is 1.02. The van der Waals surface area contributed by atoms with Gasteiger partial charge in [-0.15, -0.1) is 11.3 Å². The maximum atomic E-state index is 5.06. The first-order valence-corrected chi connectivity index (χ1v) is 22.4. The summed E-state index contributed by atoms with van der Waals surface area (Å²) in [6, 6.07) is 66.1. The molecule has 4 nitrogen and oxygen atoms in total. The third kappa shape index (κ3) is 7.06. The van der Waals surface area contributed by atoms with Crippen molar-refractivity contribution >= 4 is 96.5 Å². The summed E-state index contributed by atoms with van der Waals surface area (Å²) in [6.45, 7) is 6.26. The van der Waals surface area contributed by atoms with E-state index in [9.17, 15) is 0 Å². The average Bonchev–Trinajstić information content (AvgIpc) is 3.74. The molecule has 0 amide bonds. The van der Waals surface area contributed by atoms with E-state index in [-0.39, 0.29) is 0 Å². The zero-order valence-corrected chi connectivity index (χ0v) is 36.6. The lowest BCUT2D eigenvalue weighted by atomic mass is 9.96. The molecule has 64 heavy (non-hydrogen) atoms. The fourth-order valence-electron chi connectivity index (χ4n) is 9.04. The first kappa shape index (κ1) is 39.0. The molecule has 5 heteroatoms. The van der Waals surface area contributed by atoms with Crippen molar-refractivity contribution in [2.24, 2.45) is 0 Å². The van der Waals surface area contributed by atoms with Crippen molar-refractivity contribution < 1.29 is 0 Å². The Kier molecular flexibility index (Phi) is 10.0. The molecular formula is C59H42N4S. The minimum atomic E-state index is 1.02. The molecule has 304 valence electrons. The standard InChI is InChI=1S/C24H17N.C18H13N.C17H12N2S/c1-16-7-6-8-17(15-16)23-14-13-22-20-11-3-2-9-18(20)19-10-4-5-12-21(19)24(22)25-23;1-12-10-11-17-15-8-3-2-6-13(15)14-7-4-5-9-16(14)18(17)19-12;1-11-4-6-12(7-5-11)15-16-13(8-10-18-15)14-3-2-9-19-17(14)20-16/h2-15H,1H3;2-11H,1H3;2-10H,1H3. The van der Waals surface area contributed by atoms with Crippen molar-refractivity contribution in [2.75, 3.05) is 0 Å². The molecule has 0 unspecified atom stereocenters. The van der Waals surface area contributed by atoms with Gasteiger partial charge in [0.2, 0.25) is 0 Å². The minimum Gasteiger partial charge on any atom is -0.255 e. The second-order valence-electron chi connectivity index (χ2n) is 16.4. The van der Waals surface area contributed by atoms with E-state index < -0.39 is 0 Å². The Balaban J connectivity index is 0.000000108. The van der Waals surface area contributed by atoms with E-state index in [0.717, 1.165) is 38.5 Å². The SMILES string of the molecule is Cc1ccc(-c2nccc3c2sc2ncccc23)cc1.Cc1ccc2c3ccccc3c3ccccc3c2n1.Cc1cccc(-c2ccc3c4ccccc4c4ccccc4c3n2)c1. The summed E-state index contributed by atoms with van der Waals surface area (Å²) in [5.41, 5.74) is 10.2. The van der Waals surface area contributed by atoms with E-state index >= 15 is 0 Å². The van der Waals surface area contributed by atoms with Gasteiger partial charge in [0.25, 0.3) is 0 Å². The van der Waals surface area contributed by atoms with E-state index in [1.807, 2.05) is 25.4 Å². The maximum Gasteiger partial charge on any atom is 0.124 e. The number of aromatic nitrogens is 4. The van der Waals surface area contributed by atoms with E-state index in [1.54, 1.807) is 11.3 Å². The molecule has 0 bridgehead atoms. The molecular weight excluding hydrogens is 797 g/mol. The summed E-state index contributed by atoms with van der Waals surface area (Å²) in [7, 11) is 0. The van der Waals surface area contributed by atoms with Crippen LogP contribution in [-0.2, 0) is 0 Å². The fourth-order valence-corrected chi connectivity index (χ4v) is 10.2. The van der Waals surface area contributed by atoms with Gasteiger partial charge < -0.3 is 0 Å². The molecule has 0 aliphatic heterocycles. The van der Waals surface area contributed by atoms with Crippen molar-refractivity contribution in [3.05, 3.63) is 217 Å². The molecule has 0 aliphatic rings. The summed E-state index contributed by atoms with van der Waals surface area (Å²) in [5.74, 6) is 0. The summed E-state index contributed by atoms with van der Waals surface area (Å²) in [5, 5.41) is 15.0. The van der Waals surface area contributed by atoms with Crippen LogP contribution in [-0.4, -0.2) is 19.9 Å². The molecule has 5 aromatic heterocycles. The summed E-state index contributed by atoms with van der Waals surface area (Å²) < 4.78 is 1.21. The Labute approximate surface area is 375 Å². The highest BCUT2D eigenvalue weighted by Crippen LogP contribution is 2.39. The lowest BCUT2D eigenvalue weighted by Gasteiger charge is -2.11. The first-order chi connectivity index (χ1) is 31.5. The second kappa shape index (κ2) is 16.4. The lowest BCUT2D eigenvalue weighted by molar-refractivity contribution is 1.26. The van der Waals surface area contributed by atoms with Crippen LogP contribution in [0.25, 0.3) is 108 Å². The predicted octanol–water partition coefficient (Wildman–Crippen LogP) is 16.2. The Hall–Kier alpha value is -7.86. The molecule has 0 fully saturated rings. The van der Waals surface area contributed by atoms with Gasteiger partial charge in [0.1, 0.15) is 4.83 Å². The number of benzene rings is 8. The first-order valence-electron chi connectivity index (χ1n) is 21.6. The number of aryl methyl sites for hydroxylation is 3. The largest absolute Gasteiger partial charge is 0.255 e. The molecule has 0 saturated carbocycles. The summed E-state index contributed by atoms with van der Waals surface area (Å²) in [4.78, 5) is 19.9. The molecule has 13 aromatic rings. The van der Waals surface area contributed by atoms with Gasteiger partial charge in [0, 0.05) is 61.5 Å². The molecule has 0 atom stereocenters. The Morgan fingerprint density at radius 1 is 0.344 bits per heavy atom. The monoisotopic (exact) mass is 838 g/mol. The second-order valence-corrected chi connectivity index (χ2v) is 17.4. The topological polar surface area (TPSA) is 51.6 Å². The number of pyridine rings is 4. The van der Waals surface area contributed by atoms with Crippen molar-refractivity contribution in [2.45, 2.75) is 20.8 Å². The summed E-state index contributed by atoms with van der Waals surface area (Å²) in [6.07, 6.45) is 3.73. The van der Waals surface area contributed by atoms with E-state index in [2.05, 4.69) is 206 Å². The average molecular weight is 839 g/mol. The Bertz CT molecular complexity index is 3820. The molecule has 0 N–H and O–H groups in total. The van der Waals surface area contributed by atoms with Gasteiger partial charge in [-0.3, -0.25) is 9.97 Å². The fraction of sp³-hybridized carbons (Fsp3) is 0.0508. The zero-order chi connectivity index (χ0) is 43.1. The van der Waals surface area contributed by atoms with E-state index in [0.29, 0.717) is 0 Å². The molecule has 5 heterocycles. The number of nitrogens with zero attached hydrogens (tertiary/aromatic N) is 4. The highest BCUT2D eigenvalue weighted by Gasteiger charge is 2.13. The third-order valence-electron chi connectivity index (χ3n) is 12.1. The van der Waals surface area contributed by atoms with Crippen LogP contribution in [0.1, 0.15) is 16.8 Å². The zero-order valence-electron chi connectivity index (χ0n) is 35.7. The molecule has 0 aliphatic carbocycles. The van der Waals surface area contributed by atoms with E-state index in [4.69, 9.17) is 9.97 Å². The van der Waals surface area contributed by atoms with Crippen LogP contribution < -0.4 is 0 Å². The van der Waals surface area contributed by atoms with Gasteiger partial charge in [-0.05, 0) is 95.6 Å². The quantitative estimate of drug-likeness (QED) is 0.163. The van der Waals surface area contributed by atoms with Crippen LogP contribution >= 0.6 is 11.3 Å². The van der Waals surface area contributed by atoms with Gasteiger partial charge in [-0.25, -0.2) is 9.97 Å². The number of hydrogen-bond donors (Lipinski definition) is 0. The highest BCUT2D eigenvalue weighted by atomic mass is 32.1. The summed E-state index contributed by atoms with van der Waals surface area (Å²) >= 11 is 1.71. The van der Waals surface area contributed by atoms with Gasteiger partial charge in [0.05, 0.1) is 27.1 Å². The van der Waals surface area contributed by atoms with Gasteiger partial charge in [-0.2, -0.15) is 0 Å². The highest BCUT2D eigenvalue weighted by molar-refractivity contribution is 7.26. The smallest absolute Gasteiger partial charge is 0.124 e. The van der Waals surface area contributed by atoms with Gasteiger partial charge in [0.15, 0.2) is 0 Å². The van der Waals surface area contributed by atoms with E-state index in [1.165, 1.54) is 86.0 Å². The predicted molar refractivity (Wildman–Crippen MR) is 274 cm³/mol. The van der Waals surface area contributed by atoms with Crippen LogP contribution in [0.5, 0.6) is 0 Å². The molecule has 0 saturated heterocycles. The van der Waals surface area contributed by atoms with Crippen molar-refractivity contribution in [3.63, 3.8) is 0 Å². The Morgan fingerprint density at radius 3 is 1.48 bits per heavy atom. The number of hydrogen-bond acceptors (Lipinski definition) is 5. The van der Waals surface area contributed by atoms with Crippen molar-refractivity contribution in [1.29, 1.82) is 0 Å². The van der Waals surface area contributed by atoms with Crippen molar-refractivity contribution in [3.8, 4) is 22.5 Å². The van der Waals surface area contributed by atoms with Gasteiger partial charge >= 0.3 is 0 Å². The van der Waals surface area contributed by atoms with Crippen LogP contribution in [0.2, 0.25) is 0 Å². The number of thiophene rings is 1. The molecule has 0 radical (unpaired) electrons. The van der Waals surface area contributed by atoms with Crippen LogP contribution in [0.3, 0.4) is 0 Å².